The number of nitrogens with one attached hydrogen (secondary N) is 2. The quantitative estimate of drug-likeness (QED) is 0.390. The number of methoxy groups -OCH3 is 1. The van der Waals surface area contributed by atoms with Crippen LogP contribution in [0.25, 0.3) is 11.3 Å². The van der Waals surface area contributed by atoms with Crippen LogP contribution in [0.1, 0.15) is 5.76 Å². The lowest BCUT2D eigenvalue weighted by atomic mass is 10.2. The van der Waals surface area contributed by atoms with Crippen LogP contribution in [0.3, 0.4) is 0 Å². The number of furan rings is 1. The molecule has 0 saturated carbocycles. The van der Waals surface area contributed by atoms with E-state index in [1.807, 2.05) is 12.1 Å². The molecule has 0 aliphatic carbocycles. The Morgan fingerprint density at radius 1 is 1.07 bits per heavy atom. The number of halogens is 1. The average molecular weight is 398 g/mol. The number of carbonyl (C=O) groups excluding carboxylic acids is 2. The van der Waals surface area contributed by atoms with E-state index in [4.69, 9.17) is 20.8 Å². The Balaban J connectivity index is 1.58. The Kier molecular flexibility index (Phi) is 6.08. The molecule has 0 atom stereocenters. The van der Waals surface area contributed by atoms with E-state index < -0.39 is 11.8 Å². The van der Waals surface area contributed by atoms with Crippen LogP contribution in [0.5, 0.6) is 5.75 Å². The van der Waals surface area contributed by atoms with Gasteiger partial charge in [-0.2, -0.15) is 5.10 Å². The Labute approximate surface area is 166 Å². The molecule has 0 unspecified atom stereocenters. The lowest BCUT2D eigenvalue weighted by Gasteiger charge is -2.08. The number of amides is 2. The molecule has 2 N–H and O–H groups in total. The maximum atomic E-state index is 12.0. The normalized spacial score (nSPS) is 10.6. The third-order valence-corrected chi connectivity index (χ3v) is 3.89. The highest BCUT2D eigenvalue weighted by Crippen LogP contribution is 2.24. The van der Waals surface area contributed by atoms with Gasteiger partial charge in [0.2, 0.25) is 0 Å². The van der Waals surface area contributed by atoms with Crippen molar-refractivity contribution in [2.24, 2.45) is 5.10 Å². The maximum absolute atomic E-state index is 12.0. The van der Waals surface area contributed by atoms with Crippen LogP contribution in [0.15, 0.2) is 70.2 Å². The average Bonchev–Trinajstić information content (AvgIpc) is 3.17. The molecule has 2 amide bonds. The second kappa shape index (κ2) is 8.88. The van der Waals surface area contributed by atoms with Crippen LogP contribution in [0.2, 0.25) is 5.02 Å². The van der Waals surface area contributed by atoms with E-state index in [0.717, 1.165) is 5.56 Å². The number of para-hydroxylation sites is 2. The molecule has 8 heteroatoms. The Bertz CT molecular complexity index is 1030. The second-order valence-electron chi connectivity index (χ2n) is 5.57. The first-order valence-electron chi connectivity index (χ1n) is 8.20. The monoisotopic (exact) mass is 397 g/mol. The molecule has 0 fully saturated rings. The molecule has 0 aliphatic rings. The maximum Gasteiger partial charge on any atom is 0.329 e. The smallest absolute Gasteiger partial charge is 0.329 e. The van der Waals surface area contributed by atoms with E-state index in [-0.39, 0.29) is 0 Å². The first-order valence-corrected chi connectivity index (χ1v) is 8.58. The molecule has 0 bridgehead atoms. The standard InChI is InChI=1S/C20H16ClN3O4/c1-27-18-8-3-2-7-16(18)23-19(25)20(26)24-22-12-15-9-10-17(28-15)13-5-4-6-14(21)11-13/h2-12H,1H3,(H,23,25)(H,24,26)/b22-12+. The zero-order valence-electron chi connectivity index (χ0n) is 14.8. The van der Waals surface area contributed by atoms with E-state index in [2.05, 4.69) is 15.8 Å². The summed E-state index contributed by atoms with van der Waals surface area (Å²) >= 11 is 5.97. The van der Waals surface area contributed by atoms with Gasteiger partial charge in [0.25, 0.3) is 0 Å². The molecular weight excluding hydrogens is 382 g/mol. The van der Waals surface area contributed by atoms with E-state index in [1.165, 1.54) is 13.3 Å². The van der Waals surface area contributed by atoms with Crippen molar-refractivity contribution in [1.82, 2.24) is 5.43 Å². The first-order chi connectivity index (χ1) is 13.6. The van der Waals surface area contributed by atoms with Crippen LogP contribution in [-0.2, 0) is 9.59 Å². The molecule has 0 saturated heterocycles. The van der Waals surface area contributed by atoms with E-state index in [0.29, 0.717) is 28.0 Å². The fourth-order valence-electron chi connectivity index (χ4n) is 2.35. The van der Waals surface area contributed by atoms with Crippen molar-refractivity contribution in [2.75, 3.05) is 12.4 Å². The van der Waals surface area contributed by atoms with Gasteiger partial charge in [-0.3, -0.25) is 9.59 Å². The van der Waals surface area contributed by atoms with Crippen molar-refractivity contribution < 1.29 is 18.7 Å². The number of ether oxygens (including phenoxy) is 1. The van der Waals surface area contributed by atoms with Gasteiger partial charge in [-0.1, -0.05) is 35.9 Å². The van der Waals surface area contributed by atoms with Crippen molar-refractivity contribution in [2.45, 2.75) is 0 Å². The fraction of sp³-hybridized carbons (Fsp3) is 0.0500. The lowest BCUT2D eigenvalue weighted by molar-refractivity contribution is -0.136. The van der Waals surface area contributed by atoms with Crippen molar-refractivity contribution in [1.29, 1.82) is 0 Å². The van der Waals surface area contributed by atoms with Crippen LogP contribution in [0, 0.1) is 0 Å². The third kappa shape index (κ3) is 4.77. The van der Waals surface area contributed by atoms with Gasteiger partial charge in [0.15, 0.2) is 0 Å². The molecule has 142 valence electrons. The van der Waals surface area contributed by atoms with Gasteiger partial charge < -0.3 is 14.5 Å². The van der Waals surface area contributed by atoms with E-state index in [9.17, 15) is 9.59 Å². The number of anilines is 1. The largest absolute Gasteiger partial charge is 0.495 e. The topological polar surface area (TPSA) is 92.9 Å². The number of carbonyl (C=O) groups is 2. The van der Waals surface area contributed by atoms with Crippen LogP contribution < -0.4 is 15.5 Å². The van der Waals surface area contributed by atoms with Gasteiger partial charge in [-0.15, -0.1) is 0 Å². The Hall–Kier alpha value is -3.58. The summed E-state index contributed by atoms with van der Waals surface area (Å²) in [4.78, 5) is 23.8. The van der Waals surface area contributed by atoms with Gasteiger partial charge in [-0.25, -0.2) is 5.43 Å². The summed E-state index contributed by atoms with van der Waals surface area (Å²) in [6.45, 7) is 0. The predicted octanol–water partition coefficient (Wildman–Crippen LogP) is 3.70. The summed E-state index contributed by atoms with van der Waals surface area (Å²) in [5.74, 6) is -0.356. The summed E-state index contributed by atoms with van der Waals surface area (Å²) < 4.78 is 10.7. The van der Waals surface area contributed by atoms with Gasteiger partial charge in [0.1, 0.15) is 17.3 Å². The molecule has 0 radical (unpaired) electrons. The van der Waals surface area contributed by atoms with Crippen LogP contribution in [0.4, 0.5) is 5.69 Å². The second-order valence-corrected chi connectivity index (χ2v) is 6.00. The number of rotatable bonds is 5. The molecule has 1 heterocycles. The summed E-state index contributed by atoms with van der Waals surface area (Å²) in [7, 11) is 1.47. The highest BCUT2D eigenvalue weighted by atomic mass is 35.5. The molecule has 2 aromatic carbocycles. The minimum absolute atomic E-state index is 0.381. The highest BCUT2D eigenvalue weighted by molar-refractivity contribution is 6.39. The van der Waals surface area contributed by atoms with E-state index >= 15 is 0 Å². The van der Waals surface area contributed by atoms with Gasteiger partial charge in [-0.05, 0) is 36.4 Å². The molecule has 3 aromatic rings. The summed E-state index contributed by atoms with van der Waals surface area (Å²) in [6.07, 6.45) is 1.29. The SMILES string of the molecule is COc1ccccc1NC(=O)C(=O)N/N=C/c1ccc(-c2cccc(Cl)c2)o1. The number of nitrogens with zero attached hydrogens (tertiary/aromatic N) is 1. The number of hydrazone groups is 1. The molecule has 0 aliphatic heterocycles. The van der Waals surface area contributed by atoms with Crippen molar-refractivity contribution in [3.05, 3.63) is 71.4 Å². The minimum atomic E-state index is -0.927. The summed E-state index contributed by atoms with van der Waals surface area (Å²) in [6, 6.07) is 17.4. The predicted molar refractivity (Wildman–Crippen MR) is 107 cm³/mol. The van der Waals surface area contributed by atoms with Crippen LogP contribution in [-0.4, -0.2) is 25.1 Å². The van der Waals surface area contributed by atoms with Gasteiger partial charge in [0.05, 0.1) is 19.0 Å². The number of hydrogen-bond acceptors (Lipinski definition) is 5. The first kappa shape index (κ1) is 19.2. The van der Waals surface area contributed by atoms with Gasteiger partial charge in [0, 0.05) is 10.6 Å². The number of hydrogen-bond donors (Lipinski definition) is 2. The van der Waals surface area contributed by atoms with E-state index in [1.54, 1.807) is 48.5 Å². The zero-order valence-corrected chi connectivity index (χ0v) is 15.6. The minimum Gasteiger partial charge on any atom is -0.495 e. The Morgan fingerprint density at radius 3 is 2.68 bits per heavy atom. The molecular formula is C20H16ClN3O4. The zero-order chi connectivity index (χ0) is 19.9. The molecule has 7 nitrogen and oxygen atoms in total. The van der Waals surface area contributed by atoms with Crippen molar-refractivity contribution >= 4 is 35.3 Å². The van der Waals surface area contributed by atoms with Crippen molar-refractivity contribution in [3.8, 4) is 17.1 Å². The third-order valence-electron chi connectivity index (χ3n) is 3.66. The van der Waals surface area contributed by atoms with Crippen molar-refractivity contribution in [3.63, 3.8) is 0 Å². The summed E-state index contributed by atoms with van der Waals surface area (Å²) in [5, 5.41) is 6.78. The fourth-order valence-corrected chi connectivity index (χ4v) is 2.54. The molecule has 1 aromatic heterocycles. The molecule has 0 spiro atoms. The molecule has 3 rings (SSSR count). The lowest BCUT2D eigenvalue weighted by Crippen LogP contribution is -2.32. The molecule has 28 heavy (non-hydrogen) atoms. The number of benzene rings is 2. The van der Waals surface area contributed by atoms with Crippen LogP contribution >= 0.6 is 11.6 Å². The highest BCUT2D eigenvalue weighted by Gasteiger charge is 2.15. The summed E-state index contributed by atoms with van der Waals surface area (Å²) in [5.41, 5.74) is 3.34. The Morgan fingerprint density at radius 2 is 1.89 bits per heavy atom. The van der Waals surface area contributed by atoms with Gasteiger partial charge >= 0.3 is 11.8 Å².